The number of aliphatic hydroxyl groups excluding tert-OH is 1. The lowest BCUT2D eigenvalue weighted by molar-refractivity contribution is 0.0848. The maximum Gasteiger partial charge on any atom is 0.253 e. The van der Waals surface area contributed by atoms with Gasteiger partial charge in [-0.25, -0.2) is 0 Å². The molecule has 2 N–H and O–H groups in total. The van der Waals surface area contributed by atoms with E-state index in [0.29, 0.717) is 5.56 Å². The summed E-state index contributed by atoms with van der Waals surface area (Å²) in [7, 11) is 0. The second kappa shape index (κ2) is 6.58. The van der Waals surface area contributed by atoms with Gasteiger partial charge in [0.25, 0.3) is 5.91 Å². The first-order chi connectivity index (χ1) is 9.98. The number of hydrogen-bond donors (Lipinski definition) is 2. The van der Waals surface area contributed by atoms with Crippen LogP contribution in [0.4, 0.5) is 0 Å². The van der Waals surface area contributed by atoms with Gasteiger partial charge < -0.3 is 10.4 Å². The van der Waals surface area contributed by atoms with Crippen molar-refractivity contribution in [2.24, 2.45) is 0 Å². The number of carbonyl (C=O) groups is 1. The van der Waals surface area contributed by atoms with Crippen LogP contribution in [0.25, 0.3) is 0 Å². The third-order valence-corrected chi connectivity index (χ3v) is 4.98. The molecule has 0 aliphatic heterocycles. The van der Waals surface area contributed by atoms with Crippen LogP contribution in [0.5, 0.6) is 0 Å². The first kappa shape index (κ1) is 16.0. The van der Waals surface area contributed by atoms with Gasteiger partial charge in [-0.15, -0.1) is 0 Å². The predicted molar refractivity (Wildman–Crippen MR) is 92.2 cm³/mol. The third kappa shape index (κ3) is 3.44. The van der Waals surface area contributed by atoms with E-state index in [0.717, 1.165) is 14.7 Å². The van der Waals surface area contributed by atoms with Crippen LogP contribution in [-0.2, 0) is 5.54 Å². The number of rotatable bonds is 4. The van der Waals surface area contributed by atoms with E-state index in [-0.39, 0.29) is 12.5 Å². The number of benzene rings is 2. The molecule has 0 saturated carbocycles. The molecule has 0 aliphatic rings. The third-order valence-electron chi connectivity index (χ3n) is 3.55. The lowest BCUT2D eigenvalue weighted by atomic mass is 9.92. The van der Waals surface area contributed by atoms with Crippen molar-refractivity contribution in [3.63, 3.8) is 0 Å². The molecule has 1 unspecified atom stereocenters. The highest BCUT2D eigenvalue weighted by Gasteiger charge is 2.28. The van der Waals surface area contributed by atoms with Crippen molar-refractivity contribution in [3.8, 4) is 0 Å². The first-order valence-electron chi connectivity index (χ1n) is 6.72. The molecule has 2 aromatic carbocycles. The highest BCUT2D eigenvalue weighted by Crippen LogP contribution is 2.22. The normalized spacial score (nSPS) is 13.5. The summed E-state index contributed by atoms with van der Waals surface area (Å²) < 4.78 is 0.931. The molecule has 2 aromatic rings. The summed E-state index contributed by atoms with van der Waals surface area (Å²) in [5.74, 6) is -0.177. The fourth-order valence-corrected chi connectivity index (χ4v) is 2.75. The number of nitrogens with one attached hydrogen (secondary N) is 1. The highest BCUT2D eigenvalue weighted by molar-refractivity contribution is 14.1. The molecule has 0 fully saturated rings. The van der Waals surface area contributed by atoms with Gasteiger partial charge in [-0.1, -0.05) is 42.5 Å². The minimum Gasteiger partial charge on any atom is -0.394 e. The minimum atomic E-state index is -0.800. The summed E-state index contributed by atoms with van der Waals surface area (Å²) in [4.78, 5) is 12.5. The smallest absolute Gasteiger partial charge is 0.253 e. The Balaban J connectivity index is 2.30. The Hall–Kier alpha value is -1.40. The Labute approximate surface area is 138 Å². The van der Waals surface area contributed by atoms with Crippen molar-refractivity contribution < 1.29 is 9.90 Å². The van der Waals surface area contributed by atoms with Crippen molar-refractivity contribution in [2.75, 3.05) is 6.61 Å². The van der Waals surface area contributed by atoms with Crippen LogP contribution in [0.15, 0.2) is 48.5 Å². The minimum absolute atomic E-state index is 0.162. The summed E-state index contributed by atoms with van der Waals surface area (Å²) in [6, 6.07) is 15.1. The van der Waals surface area contributed by atoms with Crippen molar-refractivity contribution in [1.82, 2.24) is 5.32 Å². The number of halogens is 1. The van der Waals surface area contributed by atoms with Gasteiger partial charge >= 0.3 is 0 Å². The molecule has 4 heteroatoms. The van der Waals surface area contributed by atoms with Crippen LogP contribution < -0.4 is 5.32 Å². The molecular formula is C17H18INO2. The van der Waals surface area contributed by atoms with Crippen molar-refractivity contribution in [2.45, 2.75) is 19.4 Å². The summed E-state index contributed by atoms with van der Waals surface area (Å²) in [6.07, 6.45) is 0. The van der Waals surface area contributed by atoms with E-state index in [2.05, 4.69) is 27.9 Å². The van der Waals surface area contributed by atoms with Gasteiger partial charge in [-0.3, -0.25) is 4.79 Å². The van der Waals surface area contributed by atoms with Crippen molar-refractivity contribution in [3.05, 3.63) is 68.8 Å². The maximum absolute atomic E-state index is 12.5. The molecule has 2 rings (SSSR count). The number of aliphatic hydroxyl groups is 1. The van der Waals surface area contributed by atoms with E-state index >= 15 is 0 Å². The van der Waals surface area contributed by atoms with Gasteiger partial charge in [0.15, 0.2) is 0 Å². The second-order valence-corrected chi connectivity index (χ2v) is 6.33. The predicted octanol–water partition coefficient (Wildman–Crippen LogP) is 3.24. The summed E-state index contributed by atoms with van der Waals surface area (Å²) >= 11 is 2.18. The van der Waals surface area contributed by atoms with E-state index in [1.54, 1.807) is 6.07 Å². The Bertz CT molecular complexity index is 642. The van der Waals surface area contributed by atoms with E-state index in [1.165, 1.54) is 0 Å². The van der Waals surface area contributed by atoms with Crippen molar-refractivity contribution in [1.29, 1.82) is 0 Å². The molecule has 0 bridgehead atoms. The lowest BCUT2D eigenvalue weighted by Crippen LogP contribution is -2.46. The summed E-state index contributed by atoms with van der Waals surface area (Å²) in [5, 5.41) is 12.7. The second-order valence-electron chi connectivity index (χ2n) is 5.25. The Kier molecular flexibility index (Phi) is 5.00. The molecule has 3 nitrogen and oxygen atoms in total. The average molecular weight is 395 g/mol. The zero-order chi connectivity index (χ0) is 15.5. The van der Waals surface area contributed by atoms with Gasteiger partial charge in [-0.05, 0) is 53.6 Å². The largest absolute Gasteiger partial charge is 0.394 e. The quantitative estimate of drug-likeness (QED) is 0.782. The summed E-state index contributed by atoms with van der Waals surface area (Å²) in [5.41, 5.74) is 1.77. The highest BCUT2D eigenvalue weighted by atomic mass is 127. The van der Waals surface area contributed by atoms with Gasteiger partial charge in [0.05, 0.1) is 17.7 Å². The Morgan fingerprint density at radius 1 is 1.19 bits per heavy atom. The van der Waals surface area contributed by atoms with Gasteiger partial charge in [0.2, 0.25) is 0 Å². The molecule has 21 heavy (non-hydrogen) atoms. The van der Waals surface area contributed by atoms with Crippen LogP contribution in [0.2, 0.25) is 0 Å². The van der Waals surface area contributed by atoms with Crippen LogP contribution in [0.1, 0.15) is 28.4 Å². The van der Waals surface area contributed by atoms with E-state index in [1.807, 2.05) is 56.3 Å². The molecule has 0 saturated heterocycles. The monoisotopic (exact) mass is 395 g/mol. The molecule has 0 radical (unpaired) electrons. The fraction of sp³-hybridized carbons (Fsp3) is 0.235. The Morgan fingerprint density at radius 2 is 1.86 bits per heavy atom. The Morgan fingerprint density at radius 3 is 2.48 bits per heavy atom. The topological polar surface area (TPSA) is 49.3 Å². The molecular weight excluding hydrogens is 377 g/mol. The molecule has 0 aliphatic carbocycles. The summed E-state index contributed by atoms with van der Waals surface area (Å²) in [6.45, 7) is 3.63. The van der Waals surface area contributed by atoms with E-state index in [4.69, 9.17) is 0 Å². The van der Waals surface area contributed by atoms with Crippen LogP contribution >= 0.6 is 22.6 Å². The zero-order valence-corrected chi connectivity index (χ0v) is 14.2. The molecule has 1 amide bonds. The van der Waals surface area contributed by atoms with Crippen LogP contribution in [-0.4, -0.2) is 17.6 Å². The van der Waals surface area contributed by atoms with Gasteiger partial charge in [0, 0.05) is 3.57 Å². The zero-order valence-electron chi connectivity index (χ0n) is 12.1. The number of carbonyl (C=O) groups excluding carboxylic acids is 1. The SMILES string of the molecule is Cc1cccc(C(=O)NC(C)(CO)c2ccccc2)c1I. The fourth-order valence-electron chi connectivity index (χ4n) is 2.15. The van der Waals surface area contributed by atoms with Gasteiger partial charge in [0.1, 0.15) is 0 Å². The van der Waals surface area contributed by atoms with E-state index in [9.17, 15) is 9.90 Å². The molecule has 0 aromatic heterocycles. The van der Waals surface area contributed by atoms with E-state index < -0.39 is 5.54 Å². The van der Waals surface area contributed by atoms with Gasteiger partial charge in [-0.2, -0.15) is 0 Å². The lowest BCUT2D eigenvalue weighted by Gasteiger charge is -2.29. The molecule has 110 valence electrons. The molecule has 0 spiro atoms. The van der Waals surface area contributed by atoms with Crippen LogP contribution in [0.3, 0.4) is 0 Å². The van der Waals surface area contributed by atoms with Crippen molar-refractivity contribution >= 4 is 28.5 Å². The standard InChI is InChI=1S/C17H18INO2/c1-12-7-6-10-14(15(12)18)16(21)19-17(2,11-20)13-8-4-3-5-9-13/h3-10,20H,11H2,1-2H3,(H,19,21). The number of amides is 1. The number of hydrogen-bond acceptors (Lipinski definition) is 2. The number of aryl methyl sites for hydroxylation is 1. The molecule has 0 heterocycles. The maximum atomic E-state index is 12.5. The average Bonchev–Trinajstić information content (AvgIpc) is 2.50. The van der Waals surface area contributed by atoms with Crippen LogP contribution in [0, 0.1) is 10.5 Å². The molecule has 1 atom stereocenters. The first-order valence-corrected chi connectivity index (χ1v) is 7.80.